The number of carbonyl (C=O) groups is 1. The van der Waals surface area contributed by atoms with Gasteiger partial charge >= 0.3 is 0 Å². The Morgan fingerprint density at radius 3 is 3.00 bits per heavy atom. The second-order valence-electron chi connectivity index (χ2n) is 4.96. The summed E-state index contributed by atoms with van der Waals surface area (Å²) >= 11 is 1.26. The van der Waals surface area contributed by atoms with E-state index in [1.807, 2.05) is 0 Å². The van der Waals surface area contributed by atoms with Crippen LogP contribution in [0.3, 0.4) is 0 Å². The van der Waals surface area contributed by atoms with Crippen molar-refractivity contribution in [1.82, 2.24) is 0 Å². The molecule has 1 fully saturated rings. The van der Waals surface area contributed by atoms with Gasteiger partial charge in [0.25, 0.3) is 0 Å². The normalized spacial score (nSPS) is 21.6. The summed E-state index contributed by atoms with van der Waals surface area (Å²) < 4.78 is 5.65. The fourth-order valence-electron chi connectivity index (χ4n) is 2.54. The van der Waals surface area contributed by atoms with Crippen LogP contribution in [-0.4, -0.2) is 25.0 Å². The molecule has 0 bridgehead atoms. The Morgan fingerprint density at radius 2 is 2.40 bits per heavy atom. The van der Waals surface area contributed by atoms with Crippen molar-refractivity contribution in [3.05, 3.63) is 10.4 Å². The van der Waals surface area contributed by atoms with Crippen molar-refractivity contribution in [3.63, 3.8) is 0 Å². The van der Waals surface area contributed by atoms with Gasteiger partial charge in [-0.2, -0.15) is 5.26 Å². The molecule has 3 N–H and O–H groups in total. The van der Waals surface area contributed by atoms with Crippen LogP contribution < -0.4 is 11.1 Å². The first kappa shape index (κ1) is 14.8. The van der Waals surface area contributed by atoms with Crippen LogP contribution in [0.1, 0.15) is 41.9 Å². The second-order valence-corrected chi connectivity index (χ2v) is 5.98. The Bertz CT molecular complexity index is 547. The van der Waals surface area contributed by atoms with Crippen molar-refractivity contribution < 1.29 is 9.53 Å². The molecule has 2 atom stereocenters. The highest BCUT2D eigenvalue weighted by molar-refractivity contribution is 7.18. The summed E-state index contributed by atoms with van der Waals surface area (Å²) in [5.41, 5.74) is 6.53. The molecule has 0 radical (unpaired) electrons. The van der Waals surface area contributed by atoms with E-state index in [4.69, 9.17) is 10.5 Å². The summed E-state index contributed by atoms with van der Waals surface area (Å²) in [5.74, 6) is 0.336. The topological polar surface area (TPSA) is 88.1 Å². The van der Waals surface area contributed by atoms with Crippen LogP contribution in [0.15, 0.2) is 0 Å². The van der Waals surface area contributed by atoms with Crippen LogP contribution in [0.4, 0.5) is 10.7 Å². The Labute approximate surface area is 122 Å². The molecule has 2 unspecified atom stereocenters. The van der Waals surface area contributed by atoms with Crippen molar-refractivity contribution in [2.24, 2.45) is 5.92 Å². The van der Waals surface area contributed by atoms with Gasteiger partial charge in [0, 0.05) is 26.0 Å². The van der Waals surface area contributed by atoms with E-state index in [1.165, 1.54) is 18.3 Å². The molecule has 2 rings (SSSR count). The second kappa shape index (κ2) is 6.25. The first-order valence-electron chi connectivity index (χ1n) is 6.77. The number of rotatable bonds is 5. The molecular weight excluding hydrogens is 274 g/mol. The van der Waals surface area contributed by atoms with Gasteiger partial charge in [-0.25, -0.2) is 0 Å². The van der Waals surface area contributed by atoms with Gasteiger partial charge in [0.05, 0.1) is 16.7 Å². The van der Waals surface area contributed by atoms with Gasteiger partial charge in [0.15, 0.2) is 5.78 Å². The number of nitrogens with zero attached hydrogens (tertiary/aromatic N) is 1. The zero-order valence-corrected chi connectivity index (χ0v) is 12.5. The van der Waals surface area contributed by atoms with E-state index in [1.54, 1.807) is 0 Å². The summed E-state index contributed by atoms with van der Waals surface area (Å²) in [6, 6.07) is 2.08. The number of Topliss-reactive ketones (excluding diaryl/α,β-unsaturated/α-hetero) is 1. The molecule has 1 aliphatic heterocycles. The van der Waals surface area contributed by atoms with E-state index >= 15 is 0 Å². The number of carbonyl (C=O) groups excluding carboxylic acids is 1. The standard InChI is InChI=1S/C14H19N3O2S/c1-3-11-9(4-5-19-11)7-17-14-10(6-15)12(16)13(20-14)8(2)18/h9,11,17H,3-5,7,16H2,1-2H3. The van der Waals surface area contributed by atoms with Gasteiger partial charge in [0.1, 0.15) is 16.6 Å². The maximum atomic E-state index is 11.5. The Morgan fingerprint density at radius 1 is 1.65 bits per heavy atom. The third kappa shape index (κ3) is 2.79. The lowest BCUT2D eigenvalue weighted by molar-refractivity contribution is 0.0900. The van der Waals surface area contributed by atoms with Crippen LogP contribution >= 0.6 is 11.3 Å². The molecule has 20 heavy (non-hydrogen) atoms. The Balaban J connectivity index is 2.12. The van der Waals surface area contributed by atoms with Crippen molar-refractivity contribution in [1.29, 1.82) is 5.26 Å². The number of nitrogen functional groups attached to an aromatic ring is 1. The highest BCUT2D eigenvalue weighted by atomic mass is 32.1. The zero-order chi connectivity index (χ0) is 14.7. The zero-order valence-electron chi connectivity index (χ0n) is 11.7. The van der Waals surface area contributed by atoms with E-state index < -0.39 is 0 Å². The summed E-state index contributed by atoms with van der Waals surface area (Å²) in [5, 5.41) is 13.1. The van der Waals surface area contributed by atoms with Crippen molar-refractivity contribution in [2.75, 3.05) is 24.2 Å². The van der Waals surface area contributed by atoms with Crippen LogP contribution in [-0.2, 0) is 4.74 Å². The largest absolute Gasteiger partial charge is 0.396 e. The summed E-state index contributed by atoms with van der Waals surface area (Å²) in [6.07, 6.45) is 2.29. The summed E-state index contributed by atoms with van der Waals surface area (Å²) in [6.45, 7) is 5.11. The number of nitrogens with one attached hydrogen (secondary N) is 1. The number of ketones is 1. The maximum Gasteiger partial charge on any atom is 0.171 e. The molecule has 1 aliphatic rings. The minimum absolute atomic E-state index is 0.104. The number of anilines is 2. The van der Waals surface area contributed by atoms with E-state index in [0.29, 0.717) is 27.0 Å². The monoisotopic (exact) mass is 293 g/mol. The predicted octanol–water partition coefficient (Wildman–Crippen LogP) is 2.63. The smallest absolute Gasteiger partial charge is 0.171 e. The van der Waals surface area contributed by atoms with E-state index in [-0.39, 0.29) is 11.9 Å². The van der Waals surface area contributed by atoms with Crippen LogP contribution in [0, 0.1) is 17.2 Å². The van der Waals surface area contributed by atoms with Crippen LogP contribution in [0.2, 0.25) is 0 Å². The van der Waals surface area contributed by atoms with E-state index in [0.717, 1.165) is 26.0 Å². The SMILES string of the molecule is CCC1OCCC1CNc1sc(C(C)=O)c(N)c1C#N. The molecule has 108 valence electrons. The minimum atomic E-state index is -0.104. The lowest BCUT2D eigenvalue weighted by atomic mass is 10.00. The number of ether oxygens (including phenoxy) is 1. The van der Waals surface area contributed by atoms with Gasteiger partial charge < -0.3 is 15.8 Å². The molecule has 0 amide bonds. The molecule has 0 aliphatic carbocycles. The molecule has 2 heterocycles. The molecule has 1 aromatic heterocycles. The highest BCUT2D eigenvalue weighted by Crippen LogP contribution is 2.36. The first-order chi connectivity index (χ1) is 9.58. The molecule has 0 spiro atoms. The lowest BCUT2D eigenvalue weighted by Gasteiger charge is -2.17. The molecule has 0 aromatic carbocycles. The summed E-state index contributed by atoms with van der Waals surface area (Å²) in [4.78, 5) is 11.9. The van der Waals surface area contributed by atoms with Gasteiger partial charge in [-0.05, 0) is 12.8 Å². The third-order valence-corrected chi connectivity index (χ3v) is 4.91. The van der Waals surface area contributed by atoms with E-state index in [2.05, 4.69) is 18.3 Å². The molecule has 1 saturated heterocycles. The van der Waals surface area contributed by atoms with E-state index in [9.17, 15) is 10.1 Å². The number of nitriles is 1. The number of nitrogens with two attached hydrogens (primary N) is 1. The number of hydrogen-bond donors (Lipinski definition) is 2. The molecule has 0 saturated carbocycles. The Hall–Kier alpha value is -1.58. The molecule has 5 nitrogen and oxygen atoms in total. The van der Waals surface area contributed by atoms with Crippen molar-refractivity contribution in [3.8, 4) is 6.07 Å². The molecule has 1 aromatic rings. The predicted molar refractivity (Wildman–Crippen MR) is 80.1 cm³/mol. The average Bonchev–Trinajstić information content (AvgIpc) is 2.99. The lowest BCUT2D eigenvalue weighted by Crippen LogP contribution is -2.22. The van der Waals surface area contributed by atoms with Gasteiger partial charge in [-0.1, -0.05) is 6.92 Å². The van der Waals surface area contributed by atoms with Gasteiger partial charge in [0.2, 0.25) is 0 Å². The van der Waals surface area contributed by atoms with Crippen LogP contribution in [0.25, 0.3) is 0 Å². The fourth-order valence-corrected chi connectivity index (χ4v) is 3.52. The molecular formula is C14H19N3O2S. The van der Waals surface area contributed by atoms with Gasteiger partial charge in [-0.3, -0.25) is 4.79 Å². The summed E-state index contributed by atoms with van der Waals surface area (Å²) in [7, 11) is 0. The maximum absolute atomic E-state index is 11.5. The molecule has 6 heteroatoms. The highest BCUT2D eigenvalue weighted by Gasteiger charge is 2.27. The average molecular weight is 293 g/mol. The number of thiophene rings is 1. The van der Waals surface area contributed by atoms with Crippen molar-refractivity contribution >= 4 is 27.8 Å². The van der Waals surface area contributed by atoms with Crippen molar-refractivity contribution in [2.45, 2.75) is 32.8 Å². The quantitative estimate of drug-likeness (QED) is 0.815. The van der Waals surface area contributed by atoms with Crippen LogP contribution in [0.5, 0.6) is 0 Å². The third-order valence-electron chi connectivity index (χ3n) is 3.65. The first-order valence-corrected chi connectivity index (χ1v) is 7.58. The number of hydrogen-bond acceptors (Lipinski definition) is 6. The Kier molecular flexibility index (Phi) is 4.63. The minimum Gasteiger partial charge on any atom is -0.396 e. The van der Waals surface area contributed by atoms with Gasteiger partial charge in [-0.15, -0.1) is 11.3 Å². The fraction of sp³-hybridized carbons (Fsp3) is 0.571.